The van der Waals surface area contributed by atoms with Crippen LogP contribution in [0, 0.1) is 5.92 Å². The normalized spacial score (nSPS) is 31.1. The Morgan fingerprint density at radius 1 is 0.962 bits per heavy atom. The van der Waals surface area contributed by atoms with Crippen molar-refractivity contribution >= 4 is 11.9 Å². The van der Waals surface area contributed by atoms with Gasteiger partial charge in [0.2, 0.25) is 5.91 Å². The third-order valence-corrected chi connectivity index (χ3v) is 7.26. The number of piperidine rings is 1. The number of ether oxygens (including phenoxy) is 1. The number of nitrogens with zero attached hydrogens (tertiary/aromatic N) is 1. The average Bonchev–Trinajstić information content (AvgIpc) is 3.23. The molecule has 5 heteroatoms. The second-order valence-electron chi connectivity index (χ2n) is 9.17. The van der Waals surface area contributed by atoms with Crippen molar-refractivity contribution in [3.63, 3.8) is 0 Å². The van der Waals surface area contributed by atoms with E-state index in [4.69, 9.17) is 4.74 Å². The monoisotopic (exact) mass is 362 g/mol. The fourth-order valence-electron chi connectivity index (χ4n) is 5.89. The minimum absolute atomic E-state index is 0.0802. The molecule has 1 spiro atoms. The van der Waals surface area contributed by atoms with E-state index in [0.29, 0.717) is 0 Å². The standard InChI is InChI=1S/C21H34N2O3/c24-18-15-17(21(26-18)11-5-6-12-21)19(25)22-20(9-3-1-4-10-20)16-23-13-7-2-8-14-23/h17H,1-16H2,(H,22,25). The summed E-state index contributed by atoms with van der Waals surface area (Å²) in [7, 11) is 0. The van der Waals surface area contributed by atoms with Crippen LogP contribution >= 0.6 is 0 Å². The number of hydrogen-bond acceptors (Lipinski definition) is 4. The zero-order valence-electron chi connectivity index (χ0n) is 16.1. The lowest BCUT2D eigenvalue weighted by molar-refractivity contribution is -0.150. The molecule has 0 aromatic rings. The van der Waals surface area contributed by atoms with Crippen LogP contribution in [-0.4, -0.2) is 47.6 Å². The number of esters is 1. The van der Waals surface area contributed by atoms with Crippen LogP contribution in [0.1, 0.15) is 83.5 Å². The average molecular weight is 363 g/mol. The first-order valence-electron chi connectivity index (χ1n) is 10.9. The molecule has 1 unspecified atom stereocenters. The Balaban J connectivity index is 1.47. The highest BCUT2D eigenvalue weighted by atomic mass is 16.6. The lowest BCUT2D eigenvalue weighted by Crippen LogP contribution is -2.59. The Morgan fingerprint density at radius 3 is 2.27 bits per heavy atom. The van der Waals surface area contributed by atoms with E-state index < -0.39 is 5.60 Å². The number of likely N-dealkylation sites (tertiary alicyclic amines) is 1. The molecule has 2 saturated carbocycles. The second-order valence-corrected chi connectivity index (χ2v) is 9.17. The van der Waals surface area contributed by atoms with E-state index in [1.807, 2.05) is 0 Å². The molecular formula is C21H34N2O3. The SMILES string of the molecule is O=C1CC(C(=O)NC2(CN3CCCCC3)CCCCC2)C2(CCCC2)O1. The van der Waals surface area contributed by atoms with Gasteiger partial charge in [-0.25, -0.2) is 0 Å². The van der Waals surface area contributed by atoms with E-state index in [0.717, 1.165) is 58.2 Å². The van der Waals surface area contributed by atoms with Gasteiger partial charge in [-0.3, -0.25) is 9.59 Å². The van der Waals surface area contributed by atoms with Crippen molar-refractivity contribution in [3.05, 3.63) is 0 Å². The Hall–Kier alpha value is -1.10. The van der Waals surface area contributed by atoms with Crippen LogP contribution in [0.15, 0.2) is 0 Å². The van der Waals surface area contributed by atoms with E-state index in [1.54, 1.807) is 0 Å². The zero-order chi connectivity index (χ0) is 18.0. The Labute approximate surface area is 157 Å². The van der Waals surface area contributed by atoms with Gasteiger partial charge in [-0.1, -0.05) is 25.7 Å². The van der Waals surface area contributed by atoms with Gasteiger partial charge in [0.15, 0.2) is 0 Å². The Bertz CT molecular complexity index is 529. The molecule has 4 fully saturated rings. The minimum atomic E-state index is -0.498. The van der Waals surface area contributed by atoms with Gasteiger partial charge >= 0.3 is 5.97 Å². The van der Waals surface area contributed by atoms with Gasteiger partial charge in [0, 0.05) is 6.54 Å². The van der Waals surface area contributed by atoms with Crippen LogP contribution in [0.4, 0.5) is 0 Å². The van der Waals surface area contributed by atoms with E-state index in [-0.39, 0.29) is 29.8 Å². The molecule has 0 radical (unpaired) electrons. The molecule has 146 valence electrons. The molecule has 2 saturated heterocycles. The molecule has 0 aromatic heterocycles. The predicted octanol–water partition coefficient (Wildman–Crippen LogP) is 3.17. The van der Waals surface area contributed by atoms with Crippen LogP contribution in [0.2, 0.25) is 0 Å². The van der Waals surface area contributed by atoms with Crippen LogP contribution in [0.3, 0.4) is 0 Å². The summed E-state index contributed by atoms with van der Waals surface area (Å²) in [6, 6.07) is 0. The highest BCUT2D eigenvalue weighted by molar-refractivity contribution is 5.88. The molecule has 2 heterocycles. The van der Waals surface area contributed by atoms with Crippen LogP contribution in [0.5, 0.6) is 0 Å². The van der Waals surface area contributed by atoms with Crippen LogP contribution < -0.4 is 5.32 Å². The first-order valence-corrected chi connectivity index (χ1v) is 10.9. The summed E-state index contributed by atoms with van der Waals surface area (Å²) >= 11 is 0. The first-order chi connectivity index (χ1) is 12.6. The maximum Gasteiger partial charge on any atom is 0.307 e. The van der Waals surface area contributed by atoms with Crippen molar-refractivity contribution in [2.24, 2.45) is 5.92 Å². The smallest absolute Gasteiger partial charge is 0.307 e. The Kier molecular flexibility index (Phi) is 5.27. The molecule has 26 heavy (non-hydrogen) atoms. The summed E-state index contributed by atoms with van der Waals surface area (Å²) < 4.78 is 5.71. The fraction of sp³-hybridized carbons (Fsp3) is 0.905. The van der Waals surface area contributed by atoms with Crippen molar-refractivity contribution in [3.8, 4) is 0 Å². The molecule has 0 aromatic carbocycles. The van der Waals surface area contributed by atoms with Crippen molar-refractivity contribution < 1.29 is 14.3 Å². The van der Waals surface area contributed by atoms with Crippen molar-refractivity contribution in [2.45, 2.75) is 94.6 Å². The van der Waals surface area contributed by atoms with Gasteiger partial charge in [0.1, 0.15) is 5.60 Å². The summed E-state index contributed by atoms with van der Waals surface area (Å²) in [5, 5.41) is 3.48. The van der Waals surface area contributed by atoms with Gasteiger partial charge in [-0.15, -0.1) is 0 Å². The molecule has 4 rings (SSSR count). The molecule has 1 N–H and O–H groups in total. The molecule has 4 aliphatic rings. The molecular weight excluding hydrogens is 328 g/mol. The lowest BCUT2D eigenvalue weighted by atomic mass is 9.79. The quantitative estimate of drug-likeness (QED) is 0.781. The number of rotatable bonds is 4. The van der Waals surface area contributed by atoms with E-state index in [9.17, 15) is 9.59 Å². The van der Waals surface area contributed by atoms with Crippen molar-refractivity contribution in [2.75, 3.05) is 19.6 Å². The summed E-state index contributed by atoms with van der Waals surface area (Å²) in [4.78, 5) is 27.9. The maximum absolute atomic E-state index is 13.3. The Morgan fingerprint density at radius 2 is 1.58 bits per heavy atom. The van der Waals surface area contributed by atoms with Crippen LogP contribution in [-0.2, 0) is 14.3 Å². The third-order valence-electron chi connectivity index (χ3n) is 7.26. The number of hydrogen-bond donors (Lipinski definition) is 1. The number of carbonyl (C=O) groups excluding carboxylic acids is 2. The highest BCUT2D eigenvalue weighted by Crippen LogP contribution is 2.46. The molecule has 2 aliphatic carbocycles. The molecule has 0 bridgehead atoms. The van der Waals surface area contributed by atoms with Gasteiger partial charge in [-0.05, 0) is 64.5 Å². The summed E-state index contributed by atoms with van der Waals surface area (Å²) in [5.74, 6) is -0.380. The number of amides is 1. The van der Waals surface area contributed by atoms with E-state index in [2.05, 4.69) is 10.2 Å². The summed E-state index contributed by atoms with van der Waals surface area (Å²) in [6.07, 6.45) is 13.8. The lowest BCUT2D eigenvalue weighted by Gasteiger charge is -2.44. The molecule has 2 aliphatic heterocycles. The highest BCUT2D eigenvalue weighted by Gasteiger charge is 2.54. The maximum atomic E-state index is 13.3. The number of carbonyl (C=O) groups is 2. The number of nitrogens with one attached hydrogen (secondary N) is 1. The zero-order valence-corrected chi connectivity index (χ0v) is 16.1. The van der Waals surface area contributed by atoms with Crippen LogP contribution in [0.25, 0.3) is 0 Å². The van der Waals surface area contributed by atoms with Crippen molar-refractivity contribution in [1.29, 1.82) is 0 Å². The minimum Gasteiger partial charge on any atom is -0.458 e. The first kappa shape index (κ1) is 18.3. The molecule has 1 atom stereocenters. The fourth-order valence-corrected chi connectivity index (χ4v) is 5.89. The van der Waals surface area contributed by atoms with Gasteiger partial charge in [-0.2, -0.15) is 0 Å². The van der Waals surface area contributed by atoms with E-state index in [1.165, 1.54) is 38.5 Å². The molecule has 5 nitrogen and oxygen atoms in total. The van der Waals surface area contributed by atoms with Gasteiger partial charge in [0.05, 0.1) is 17.9 Å². The largest absolute Gasteiger partial charge is 0.458 e. The van der Waals surface area contributed by atoms with E-state index >= 15 is 0 Å². The third kappa shape index (κ3) is 3.64. The van der Waals surface area contributed by atoms with Gasteiger partial charge < -0.3 is 15.0 Å². The van der Waals surface area contributed by atoms with Gasteiger partial charge in [0.25, 0.3) is 0 Å². The molecule has 1 amide bonds. The topological polar surface area (TPSA) is 58.6 Å². The van der Waals surface area contributed by atoms with Crippen molar-refractivity contribution in [1.82, 2.24) is 10.2 Å². The summed E-state index contributed by atoms with van der Waals surface area (Å²) in [6.45, 7) is 3.30. The summed E-state index contributed by atoms with van der Waals surface area (Å²) in [5.41, 5.74) is -0.597. The second kappa shape index (κ2) is 7.49. The predicted molar refractivity (Wildman–Crippen MR) is 99.6 cm³/mol.